The summed E-state index contributed by atoms with van der Waals surface area (Å²) in [6, 6.07) is 3.40. The van der Waals surface area contributed by atoms with Crippen LogP contribution in [0.5, 0.6) is 0 Å². The Bertz CT molecular complexity index is 832. The van der Waals surface area contributed by atoms with Crippen LogP contribution in [0.15, 0.2) is 32.3 Å². The minimum atomic E-state index is -1.36. The number of benzene rings is 1. The molecule has 0 radical (unpaired) electrons. The molecule has 0 bridgehead atoms. The molecule has 7 nitrogen and oxygen atoms in total. The summed E-state index contributed by atoms with van der Waals surface area (Å²) in [4.78, 5) is 35.4. The number of nitrogens with zero attached hydrogens (tertiary/aromatic N) is 2. The number of aromatic nitrogens is 2. The molecule has 1 aromatic heterocycles. The molecule has 1 aromatic carbocycles. The lowest BCUT2D eigenvalue weighted by molar-refractivity contribution is -0.384. The van der Waals surface area contributed by atoms with Crippen molar-refractivity contribution in [2.24, 2.45) is 0 Å². The van der Waals surface area contributed by atoms with E-state index in [1.165, 1.54) is 12.1 Å². The maximum absolute atomic E-state index is 13.5. The number of H-pyrrole nitrogens is 1. The molecule has 0 amide bonds. The minimum Gasteiger partial charge on any atom is -0.295 e. The third-order valence-electron chi connectivity index (χ3n) is 2.38. The summed E-state index contributed by atoms with van der Waals surface area (Å²) < 4.78 is 14.1. The van der Waals surface area contributed by atoms with Crippen LogP contribution in [-0.4, -0.2) is 14.5 Å². The fraction of sp³-hybridized carbons (Fsp3) is 0. The van der Waals surface area contributed by atoms with E-state index in [-0.39, 0.29) is 15.8 Å². The summed E-state index contributed by atoms with van der Waals surface area (Å²) in [5, 5.41) is 9.98. The van der Waals surface area contributed by atoms with Crippen molar-refractivity contribution in [3.05, 3.63) is 64.6 Å². The number of hydrogen-bond donors (Lipinski definition) is 1. The molecule has 0 saturated carbocycles. The van der Waals surface area contributed by atoms with Gasteiger partial charge >= 0.3 is 5.69 Å². The fourth-order valence-corrected chi connectivity index (χ4v) is 2.08. The highest BCUT2D eigenvalue weighted by molar-refractivity contribution is 9.10. The van der Waals surface area contributed by atoms with Crippen LogP contribution in [0.1, 0.15) is 0 Å². The summed E-state index contributed by atoms with van der Waals surface area (Å²) in [5.74, 6) is -1.36. The van der Waals surface area contributed by atoms with E-state index in [4.69, 9.17) is 11.6 Å². The van der Waals surface area contributed by atoms with E-state index in [1.807, 2.05) is 4.98 Å². The molecule has 20 heavy (non-hydrogen) atoms. The van der Waals surface area contributed by atoms with Gasteiger partial charge in [-0.15, -0.1) is 0 Å². The lowest BCUT2D eigenvalue weighted by Gasteiger charge is -2.07. The third-order valence-corrected chi connectivity index (χ3v) is 3.32. The Labute approximate surface area is 122 Å². The zero-order valence-corrected chi connectivity index (χ0v) is 11.7. The van der Waals surface area contributed by atoms with Gasteiger partial charge in [-0.3, -0.25) is 19.9 Å². The standard InChI is InChI=1S/C10H4BrClFN3O4/c11-5-2-1-4(16(19)20)3-6(5)15-9(17)7(13)8(12)14-10(15)18/h1-3H,(H,14,18). The number of aromatic amines is 1. The second kappa shape index (κ2) is 5.17. The second-order valence-electron chi connectivity index (χ2n) is 3.59. The Hall–Kier alpha value is -2.00. The molecule has 2 rings (SSSR count). The lowest BCUT2D eigenvalue weighted by Crippen LogP contribution is -2.36. The maximum Gasteiger partial charge on any atom is 0.334 e. The predicted octanol–water partition coefficient (Wildman–Crippen LogP) is 1.99. The zero-order chi connectivity index (χ0) is 15.0. The number of rotatable bonds is 2. The quantitative estimate of drug-likeness (QED) is 0.500. The van der Waals surface area contributed by atoms with Crippen molar-refractivity contribution in [3.63, 3.8) is 0 Å². The highest BCUT2D eigenvalue weighted by atomic mass is 79.9. The highest BCUT2D eigenvalue weighted by Gasteiger charge is 2.18. The van der Waals surface area contributed by atoms with Crippen LogP contribution in [0, 0.1) is 15.9 Å². The Morgan fingerprint density at radius 2 is 2.05 bits per heavy atom. The van der Waals surface area contributed by atoms with E-state index in [2.05, 4.69) is 15.9 Å². The van der Waals surface area contributed by atoms with Crippen molar-refractivity contribution < 1.29 is 9.31 Å². The number of nitro benzene ring substituents is 1. The van der Waals surface area contributed by atoms with Crippen molar-refractivity contribution in [3.8, 4) is 5.69 Å². The average molecular weight is 365 g/mol. The number of halogens is 3. The van der Waals surface area contributed by atoms with Crippen LogP contribution >= 0.6 is 27.5 Å². The smallest absolute Gasteiger partial charge is 0.295 e. The summed E-state index contributed by atoms with van der Waals surface area (Å²) in [6.07, 6.45) is 0. The minimum absolute atomic E-state index is 0.166. The van der Waals surface area contributed by atoms with Crippen molar-refractivity contribution in [1.82, 2.24) is 9.55 Å². The summed E-state index contributed by atoms with van der Waals surface area (Å²) in [5.41, 5.74) is -2.84. The van der Waals surface area contributed by atoms with Gasteiger partial charge in [0.25, 0.3) is 11.2 Å². The van der Waals surface area contributed by atoms with Crippen molar-refractivity contribution >= 4 is 33.2 Å². The van der Waals surface area contributed by atoms with Gasteiger partial charge in [0.1, 0.15) is 0 Å². The molecule has 0 atom stereocenters. The average Bonchev–Trinajstić information content (AvgIpc) is 2.38. The molecule has 0 spiro atoms. The topological polar surface area (TPSA) is 98.0 Å². The number of nitrogens with one attached hydrogen (secondary N) is 1. The molecule has 0 aliphatic rings. The van der Waals surface area contributed by atoms with Crippen molar-refractivity contribution in [2.75, 3.05) is 0 Å². The van der Waals surface area contributed by atoms with E-state index >= 15 is 0 Å². The summed E-state index contributed by atoms with van der Waals surface area (Å²) in [6.45, 7) is 0. The third kappa shape index (κ3) is 2.37. The van der Waals surface area contributed by atoms with Crippen LogP contribution in [0.2, 0.25) is 5.15 Å². The van der Waals surface area contributed by atoms with Crippen molar-refractivity contribution in [1.29, 1.82) is 0 Å². The number of nitro groups is 1. The monoisotopic (exact) mass is 363 g/mol. The van der Waals surface area contributed by atoms with Crippen LogP contribution in [-0.2, 0) is 0 Å². The SMILES string of the molecule is O=c1[nH]c(Cl)c(F)c(=O)n1-c1cc([N+](=O)[O-])ccc1Br. The molecule has 2 aromatic rings. The largest absolute Gasteiger partial charge is 0.334 e. The first-order chi connectivity index (χ1) is 9.32. The molecule has 0 unspecified atom stereocenters. The Morgan fingerprint density at radius 1 is 1.40 bits per heavy atom. The van der Waals surface area contributed by atoms with Gasteiger partial charge in [-0.05, 0) is 22.0 Å². The number of non-ortho nitro benzene ring substituents is 1. The second-order valence-corrected chi connectivity index (χ2v) is 4.82. The van der Waals surface area contributed by atoms with Gasteiger partial charge < -0.3 is 0 Å². The summed E-state index contributed by atoms with van der Waals surface area (Å²) in [7, 11) is 0. The normalized spacial score (nSPS) is 10.6. The van der Waals surface area contributed by atoms with Gasteiger partial charge in [0.15, 0.2) is 5.15 Å². The van der Waals surface area contributed by atoms with Crippen molar-refractivity contribution in [2.45, 2.75) is 0 Å². The van der Waals surface area contributed by atoms with Gasteiger partial charge in [0.2, 0.25) is 5.82 Å². The van der Waals surface area contributed by atoms with Crippen LogP contribution in [0.25, 0.3) is 5.69 Å². The molecule has 10 heteroatoms. The Balaban J connectivity index is 2.85. The lowest BCUT2D eigenvalue weighted by atomic mass is 10.3. The van der Waals surface area contributed by atoms with Crippen LogP contribution in [0.4, 0.5) is 10.1 Å². The van der Waals surface area contributed by atoms with E-state index < -0.39 is 27.1 Å². The van der Waals surface area contributed by atoms with Crippen LogP contribution < -0.4 is 11.2 Å². The molecular weight excluding hydrogens is 360 g/mol. The predicted molar refractivity (Wildman–Crippen MR) is 72.0 cm³/mol. The summed E-state index contributed by atoms with van der Waals surface area (Å²) >= 11 is 8.37. The molecule has 104 valence electrons. The maximum atomic E-state index is 13.5. The first-order valence-corrected chi connectivity index (χ1v) is 6.14. The first kappa shape index (κ1) is 14.4. The fourth-order valence-electron chi connectivity index (χ4n) is 1.49. The molecule has 0 aliphatic carbocycles. The van der Waals surface area contributed by atoms with E-state index in [0.29, 0.717) is 4.57 Å². The van der Waals surface area contributed by atoms with Gasteiger partial charge in [0, 0.05) is 16.6 Å². The molecule has 1 heterocycles. The highest BCUT2D eigenvalue weighted by Crippen LogP contribution is 2.24. The first-order valence-electron chi connectivity index (χ1n) is 4.97. The van der Waals surface area contributed by atoms with Crippen LogP contribution in [0.3, 0.4) is 0 Å². The van der Waals surface area contributed by atoms with Gasteiger partial charge in [-0.2, -0.15) is 4.39 Å². The molecule has 0 aliphatic heterocycles. The van der Waals surface area contributed by atoms with E-state index in [9.17, 15) is 24.1 Å². The van der Waals surface area contributed by atoms with Gasteiger partial charge in [-0.25, -0.2) is 9.36 Å². The molecular formula is C10H4BrClFN3O4. The zero-order valence-electron chi connectivity index (χ0n) is 9.39. The van der Waals surface area contributed by atoms with Gasteiger partial charge in [-0.1, -0.05) is 11.6 Å². The van der Waals surface area contributed by atoms with E-state index in [1.54, 1.807) is 0 Å². The van der Waals surface area contributed by atoms with E-state index in [0.717, 1.165) is 6.07 Å². The molecule has 0 saturated heterocycles. The number of hydrogen-bond acceptors (Lipinski definition) is 4. The van der Waals surface area contributed by atoms with Gasteiger partial charge in [0.05, 0.1) is 10.6 Å². The Kier molecular flexibility index (Phi) is 3.73. The molecule has 1 N–H and O–H groups in total. The molecule has 0 fully saturated rings. The Morgan fingerprint density at radius 3 is 2.65 bits per heavy atom.